The predicted molar refractivity (Wildman–Crippen MR) is 132 cm³/mol. The van der Waals surface area contributed by atoms with Gasteiger partial charge in [-0.1, -0.05) is 35.9 Å². The van der Waals surface area contributed by atoms with E-state index in [2.05, 4.69) is 5.32 Å². The number of benzene rings is 2. The second-order valence-electron chi connectivity index (χ2n) is 8.53. The van der Waals surface area contributed by atoms with Crippen LogP contribution in [0, 0.1) is 5.82 Å². The van der Waals surface area contributed by atoms with Crippen molar-refractivity contribution in [3.63, 3.8) is 0 Å². The van der Waals surface area contributed by atoms with E-state index in [0.717, 1.165) is 18.4 Å². The first-order chi connectivity index (χ1) is 16.9. The number of amides is 1. The van der Waals surface area contributed by atoms with E-state index in [0.29, 0.717) is 47.3 Å². The van der Waals surface area contributed by atoms with Crippen LogP contribution in [-0.4, -0.2) is 44.4 Å². The number of anilines is 1. The normalized spacial score (nSPS) is 15.9. The Morgan fingerprint density at radius 1 is 1.20 bits per heavy atom. The molecular formula is C25H23ClFN5O3. The average Bonchev–Trinajstić information content (AvgIpc) is 3.20. The molecule has 1 amide bonds. The fraction of sp³-hybridized carbons (Fsp3) is 0.240. The smallest absolute Gasteiger partial charge is 0.404 e. The second kappa shape index (κ2) is 9.42. The maximum absolute atomic E-state index is 13.9. The Morgan fingerprint density at radius 2 is 2.03 bits per heavy atom. The minimum Gasteiger partial charge on any atom is -0.465 e. The highest BCUT2D eigenvalue weighted by Crippen LogP contribution is 2.27. The van der Waals surface area contributed by atoms with Gasteiger partial charge in [0.15, 0.2) is 0 Å². The Hall–Kier alpha value is -3.85. The number of pyridine rings is 1. The predicted octanol–water partition coefficient (Wildman–Crippen LogP) is 4.26. The summed E-state index contributed by atoms with van der Waals surface area (Å²) in [5, 5.41) is 12.3. The molecule has 180 valence electrons. The fourth-order valence-corrected chi connectivity index (χ4v) is 4.79. The zero-order chi connectivity index (χ0) is 24.5. The molecule has 4 aromatic rings. The summed E-state index contributed by atoms with van der Waals surface area (Å²) < 4.78 is 17.1. The molecule has 0 spiro atoms. The maximum atomic E-state index is 13.9. The number of imidazole rings is 1. The van der Waals surface area contributed by atoms with Crippen LogP contribution in [0.3, 0.4) is 0 Å². The summed E-state index contributed by atoms with van der Waals surface area (Å²) in [5.74, 6) is 0.121. The Balaban J connectivity index is 1.66. The highest BCUT2D eigenvalue weighted by molar-refractivity contribution is 6.31. The van der Waals surface area contributed by atoms with Crippen LogP contribution >= 0.6 is 11.6 Å². The lowest BCUT2D eigenvalue weighted by molar-refractivity contribution is 0.188. The van der Waals surface area contributed by atoms with Crippen molar-refractivity contribution in [3.05, 3.63) is 87.6 Å². The van der Waals surface area contributed by atoms with E-state index < -0.39 is 11.9 Å². The van der Waals surface area contributed by atoms with Crippen LogP contribution in [0.1, 0.15) is 18.4 Å². The highest BCUT2D eigenvalue weighted by Gasteiger charge is 2.27. The molecule has 2 N–H and O–H groups in total. The Morgan fingerprint density at radius 3 is 2.80 bits per heavy atom. The van der Waals surface area contributed by atoms with Crippen LogP contribution in [-0.2, 0) is 6.54 Å². The Bertz CT molecular complexity index is 1470. The Labute approximate surface area is 205 Å². The fourth-order valence-electron chi connectivity index (χ4n) is 4.60. The molecular weight excluding hydrogens is 473 g/mol. The molecule has 8 nitrogen and oxygen atoms in total. The van der Waals surface area contributed by atoms with Crippen molar-refractivity contribution in [3.8, 4) is 5.69 Å². The van der Waals surface area contributed by atoms with Gasteiger partial charge in [0.05, 0.1) is 17.7 Å². The van der Waals surface area contributed by atoms with E-state index in [1.54, 1.807) is 30.5 Å². The summed E-state index contributed by atoms with van der Waals surface area (Å²) >= 11 is 6.45. The summed E-state index contributed by atoms with van der Waals surface area (Å²) in [6.07, 6.45) is 2.01. The number of carboxylic acid groups (broad SMARTS) is 1. The molecule has 1 saturated heterocycles. The number of aromatic nitrogens is 3. The number of piperidine rings is 1. The lowest BCUT2D eigenvalue weighted by atomic mass is 10.1. The van der Waals surface area contributed by atoms with Gasteiger partial charge in [-0.15, -0.1) is 0 Å². The zero-order valence-corrected chi connectivity index (χ0v) is 19.5. The van der Waals surface area contributed by atoms with Crippen LogP contribution in [0.15, 0.2) is 65.6 Å². The summed E-state index contributed by atoms with van der Waals surface area (Å²) in [4.78, 5) is 31.6. The van der Waals surface area contributed by atoms with Gasteiger partial charge in [-0.05, 0) is 48.7 Å². The van der Waals surface area contributed by atoms with Crippen molar-refractivity contribution < 1.29 is 14.3 Å². The van der Waals surface area contributed by atoms with Crippen molar-refractivity contribution in [2.24, 2.45) is 0 Å². The van der Waals surface area contributed by atoms with Gasteiger partial charge in [-0.2, -0.15) is 0 Å². The molecule has 3 heterocycles. The second-order valence-corrected chi connectivity index (χ2v) is 8.94. The Kier molecular flexibility index (Phi) is 6.17. The minimum absolute atomic E-state index is 0.251. The molecule has 10 heteroatoms. The topological polar surface area (TPSA) is 92.4 Å². The highest BCUT2D eigenvalue weighted by atomic mass is 35.5. The molecule has 35 heavy (non-hydrogen) atoms. The molecule has 0 radical (unpaired) electrons. The van der Waals surface area contributed by atoms with Crippen molar-refractivity contribution in [1.82, 2.24) is 19.4 Å². The van der Waals surface area contributed by atoms with Crippen molar-refractivity contribution in [2.45, 2.75) is 25.4 Å². The molecule has 0 aliphatic carbocycles. The van der Waals surface area contributed by atoms with E-state index in [-0.39, 0.29) is 11.6 Å². The number of nitrogens with one attached hydrogen (secondary N) is 1. The third-order valence-electron chi connectivity index (χ3n) is 6.18. The molecule has 1 fully saturated rings. The summed E-state index contributed by atoms with van der Waals surface area (Å²) in [7, 11) is 0. The molecule has 0 unspecified atom stereocenters. The van der Waals surface area contributed by atoms with Gasteiger partial charge in [-0.25, -0.2) is 14.2 Å². The van der Waals surface area contributed by atoms with Gasteiger partial charge < -0.3 is 19.9 Å². The number of nitrogens with zero attached hydrogens (tertiary/aromatic N) is 4. The lowest BCUT2D eigenvalue weighted by Crippen LogP contribution is -2.48. The van der Waals surface area contributed by atoms with Crippen LogP contribution in [0.5, 0.6) is 0 Å². The monoisotopic (exact) mass is 495 g/mol. The van der Waals surface area contributed by atoms with Gasteiger partial charge in [0.2, 0.25) is 5.95 Å². The van der Waals surface area contributed by atoms with Crippen molar-refractivity contribution in [1.29, 1.82) is 0 Å². The van der Waals surface area contributed by atoms with Gasteiger partial charge in [0.1, 0.15) is 11.3 Å². The summed E-state index contributed by atoms with van der Waals surface area (Å²) in [6, 6.07) is 14.7. The van der Waals surface area contributed by atoms with E-state index in [1.807, 2.05) is 27.7 Å². The lowest BCUT2D eigenvalue weighted by Gasteiger charge is -2.33. The van der Waals surface area contributed by atoms with E-state index in [4.69, 9.17) is 16.6 Å². The molecule has 1 aliphatic rings. The standard InChI is InChI=1S/C25H23ClFN5O3/c26-20-9-2-1-5-16(20)14-32-22-21(10-12-31(23(22)33)19-8-3-6-17(27)13-19)29-24(32)30-11-4-7-18(15-30)28-25(34)35/h1-3,5-6,8-10,12-13,18,28H,4,7,11,14-15H2,(H,34,35)/t18-/m1/s1. The first-order valence-corrected chi connectivity index (χ1v) is 11.6. The number of rotatable bonds is 5. The quantitative estimate of drug-likeness (QED) is 0.431. The van der Waals surface area contributed by atoms with E-state index in [9.17, 15) is 19.1 Å². The van der Waals surface area contributed by atoms with Crippen molar-refractivity contribution in [2.75, 3.05) is 18.0 Å². The largest absolute Gasteiger partial charge is 0.465 e. The first-order valence-electron chi connectivity index (χ1n) is 11.3. The SMILES string of the molecule is O=C(O)N[C@@H]1CCCN(c2nc3ccn(-c4cccc(F)c4)c(=O)c3n2Cc2ccccc2Cl)C1. The molecule has 0 bridgehead atoms. The van der Waals surface area contributed by atoms with E-state index >= 15 is 0 Å². The molecule has 0 saturated carbocycles. The number of carbonyl (C=O) groups is 1. The van der Waals surface area contributed by atoms with Gasteiger partial charge in [0.25, 0.3) is 5.56 Å². The third kappa shape index (κ3) is 4.59. The molecule has 2 aromatic heterocycles. The van der Waals surface area contributed by atoms with Crippen molar-refractivity contribution >= 4 is 34.7 Å². The number of hydrogen-bond donors (Lipinski definition) is 2. The number of fused-ring (bicyclic) bond motifs is 1. The molecule has 1 atom stereocenters. The van der Waals surface area contributed by atoms with Gasteiger partial charge in [-0.3, -0.25) is 9.36 Å². The minimum atomic E-state index is -1.07. The zero-order valence-electron chi connectivity index (χ0n) is 18.7. The van der Waals surface area contributed by atoms with Gasteiger partial charge in [0, 0.05) is 30.4 Å². The van der Waals surface area contributed by atoms with Crippen LogP contribution < -0.4 is 15.8 Å². The van der Waals surface area contributed by atoms with Crippen LogP contribution in [0.25, 0.3) is 16.7 Å². The van der Waals surface area contributed by atoms with Crippen LogP contribution in [0.2, 0.25) is 5.02 Å². The third-order valence-corrected chi connectivity index (χ3v) is 6.55. The maximum Gasteiger partial charge on any atom is 0.404 e. The van der Waals surface area contributed by atoms with E-state index in [1.165, 1.54) is 16.7 Å². The van der Waals surface area contributed by atoms with Crippen LogP contribution in [0.4, 0.5) is 15.1 Å². The molecule has 2 aromatic carbocycles. The summed E-state index contributed by atoms with van der Waals surface area (Å²) in [5.41, 5.74) is 1.74. The number of hydrogen-bond acceptors (Lipinski definition) is 4. The van der Waals surface area contributed by atoms with Gasteiger partial charge >= 0.3 is 6.09 Å². The first kappa shape index (κ1) is 22.9. The average molecular weight is 496 g/mol. The number of halogens is 2. The molecule has 1 aliphatic heterocycles. The summed E-state index contributed by atoms with van der Waals surface area (Å²) in [6.45, 7) is 1.39. The molecule has 5 rings (SSSR count).